The second kappa shape index (κ2) is 13.7. The summed E-state index contributed by atoms with van der Waals surface area (Å²) in [5.41, 5.74) is 8.84. The van der Waals surface area contributed by atoms with Crippen LogP contribution in [0.4, 0.5) is 11.4 Å². The minimum Gasteiger partial charge on any atom is -0.309 e. The lowest BCUT2D eigenvalue weighted by Gasteiger charge is -2.14. The molecule has 8 aromatic rings. The predicted molar refractivity (Wildman–Crippen MR) is 207 cm³/mol. The summed E-state index contributed by atoms with van der Waals surface area (Å²) in [7, 11) is 0. The molecule has 10 nitrogen and oxygen atoms in total. The van der Waals surface area contributed by atoms with E-state index in [2.05, 4.69) is 42.4 Å². The van der Waals surface area contributed by atoms with Crippen molar-refractivity contribution in [2.45, 2.75) is 0 Å². The number of hydrogen-bond acceptors (Lipinski definition) is 7. The van der Waals surface area contributed by atoms with E-state index in [4.69, 9.17) is 18.1 Å². The smallest absolute Gasteiger partial charge is 0.189 e. The molecule has 2 heterocycles. The predicted octanol–water partition coefficient (Wildman–Crippen LogP) is 10.2. The quantitative estimate of drug-likeness (QED) is 0.162. The Morgan fingerprint density at radius 1 is 0.509 bits per heavy atom. The Morgan fingerprint density at radius 2 is 1.07 bits per heavy atom. The third kappa shape index (κ3) is 5.90. The number of rotatable bonds is 5. The van der Waals surface area contributed by atoms with Crippen molar-refractivity contribution >= 4 is 33.2 Å². The molecule has 55 heavy (non-hydrogen) atoms. The molecule has 6 aromatic carbocycles. The van der Waals surface area contributed by atoms with Gasteiger partial charge in [-0.15, -0.1) is 0 Å². The summed E-state index contributed by atoms with van der Waals surface area (Å²) in [6, 6.07) is 43.2. The molecule has 0 saturated heterocycles. The third-order valence-electron chi connectivity index (χ3n) is 9.26. The number of aromatic nitrogens is 4. The average molecular weight is 701 g/mol. The maximum atomic E-state index is 9.70. The lowest BCUT2D eigenvalue weighted by Crippen LogP contribution is -2.01. The van der Waals surface area contributed by atoms with Crippen LogP contribution in [0, 0.1) is 58.5 Å². The Kier molecular flexibility index (Phi) is 8.25. The zero-order valence-corrected chi connectivity index (χ0v) is 28.5. The van der Waals surface area contributed by atoms with Crippen LogP contribution in [0.15, 0.2) is 122 Å². The van der Waals surface area contributed by atoms with E-state index in [1.807, 2.05) is 66.7 Å². The van der Waals surface area contributed by atoms with Crippen molar-refractivity contribution in [1.29, 1.82) is 21.0 Å². The summed E-state index contributed by atoms with van der Waals surface area (Å²) in [6.45, 7) is 15.2. The summed E-state index contributed by atoms with van der Waals surface area (Å²) >= 11 is 0. The van der Waals surface area contributed by atoms with E-state index in [0.717, 1.165) is 49.7 Å². The van der Waals surface area contributed by atoms with Crippen LogP contribution in [-0.4, -0.2) is 19.5 Å². The first-order valence-electron chi connectivity index (χ1n) is 16.6. The topological polar surface area (TPSA) is 147 Å². The third-order valence-corrected chi connectivity index (χ3v) is 9.26. The molecule has 0 amide bonds. The Morgan fingerprint density at radius 3 is 1.64 bits per heavy atom. The van der Waals surface area contributed by atoms with Crippen molar-refractivity contribution in [1.82, 2.24) is 19.5 Å². The number of benzene rings is 6. The molecule has 0 unspecified atom stereocenters. The molecular weight excluding hydrogens is 681 g/mol. The maximum absolute atomic E-state index is 9.70. The molecule has 0 fully saturated rings. The van der Waals surface area contributed by atoms with Crippen LogP contribution >= 0.6 is 0 Å². The molecule has 0 bridgehead atoms. The number of fused-ring (bicyclic) bond motifs is 3. The highest BCUT2D eigenvalue weighted by Crippen LogP contribution is 2.40. The Hall–Kier alpha value is -8.93. The molecule has 250 valence electrons. The van der Waals surface area contributed by atoms with Gasteiger partial charge in [0.1, 0.15) is 18.5 Å². The molecule has 0 spiro atoms. The molecule has 0 atom stereocenters. The van der Waals surface area contributed by atoms with E-state index in [9.17, 15) is 21.0 Å². The van der Waals surface area contributed by atoms with Crippen molar-refractivity contribution in [3.05, 3.63) is 167 Å². The van der Waals surface area contributed by atoms with Crippen molar-refractivity contribution in [3.8, 4) is 75.0 Å². The molecule has 0 aliphatic carbocycles. The van der Waals surface area contributed by atoms with E-state index in [1.165, 1.54) is 6.33 Å². The highest BCUT2D eigenvalue weighted by molar-refractivity contribution is 6.12. The van der Waals surface area contributed by atoms with Crippen LogP contribution in [-0.2, 0) is 0 Å². The molecular formula is C45H20N10. The van der Waals surface area contributed by atoms with E-state index in [1.54, 1.807) is 54.6 Å². The van der Waals surface area contributed by atoms with Crippen molar-refractivity contribution in [2.24, 2.45) is 0 Å². The number of para-hydroxylation sites is 1. The second-order valence-electron chi connectivity index (χ2n) is 12.4. The van der Waals surface area contributed by atoms with Crippen LogP contribution in [0.3, 0.4) is 0 Å². The molecule has 0 aliphatic rings. The van der Waals surface area contributed by atoms with Gasteiger partial charge in [0.2, 0.25) is 0 Å². The fourth-order valence-electron chi connectivity index (χ4n) is 6.75. The van der Waals surface area contributed by atoms with E-state index < -0.39 is 0 Å². The number of nitrogens with zero attached hydrogens (tertiary/aromatic N) is 10. The highest BCUT2D eigenvalue weighted by atomic mass is 15.0. The summed E-state index contributed by atoms with van der Waals surface area (Å²) in [5, 5.41) is 40.2. The second-order valence-corrected chi connectivity index (χ2v) is 12.4. The lowest BCUT2D eigenvalue weighted by atomic mass is 9.98. The average Bonchev–Trinajstić information content (AvgIpc) is 3.58. The molecule has 0 saturated carbocycles. The van der Waals surface area contributed by atoms with Gasteiger partial charge in [-0.05, 0) is 113 Å². The van der Waals surface area contributed by atoms with Crippen LogP contribution in [0.1, 0.15) is 22.3 Å². The lowest BCUT2D eigenvalue weighted by molar-refractivity contribution is 1.06. The molecule has 0 radical (unpaired) electrons. The Bertz CT molecular complexity index is 2990. The maximum Gasteiger partial charge on any atom is 0.189 e. The first-order valence-corrected chi connectivity index (χ1v) is 16.6. The largest absolute Gasteiger partial charge is 0.309 e. The van der Waals surface area contributed by atoms with E-state index in [-0.39, 0.29) is 11.1 Å². The van der Waals surface area contributed by atoms with Gasteiger partial charge in [0.25, 0.3) is 0 Å². The van der Waals surface area contributed by atoms with Gasteiger partial charge in [-0.3, -0.25) is 0 Å². The molecule has 10 heteroatoms. The van der Waals surface area contributed by atoms with Gasteiger partial charge in [-0.25, -0.2) is 24.6 Å². The zero-order valence-electron chi connectivity index (χ0n) is 28.5. The molecule has 2 aromatic heterocycles. The number of hydrogen-bond donors (Lipinski definition) is 0. The first kappa shape index (κ1) is 33.2. The minimum absolute atomic E-state index is 0.223. The van der Waals surface area contributed by atoms with E-state index >= 15 is 0 Å². The molecule has 0 N–H and O–H groups in total. The van der Waals surface area contributed by atoms with Crippen LogP contribution in [0.25, 0.3) is 82.2 Å². The standard InChI is InChI=1S/C45H20N10/c1-50-36-15-27(22-46)13-33(18-36)29-9-11-42-39(20-29)40-21-30(34-14-28(23-47)16-37(19-34)51-2)10-12-43(40)55(42)41-6-4-3-5-38(41)45-53-26-52-44(54-45)31-7-8-32(24-48)35(17-31)25-49/h3-21,26H. The monoisotopic (exact) mass is 700 g/mol. The van der Waals surface area contributed by atoms with Gasteiger partial charge in [0.05, 0.1) is 53.1 Å². The van der Waals surface area contributed by atoms with Gasteiger partial charge in [-0.2, -0.15) is 21.0 Å². The van der Waals surface area contributed by atoms with Gasteiger partial charge in [0.15, 0.2) is 23.0 Å². The van der Waals surface area contributed by atoms with Crippen LogP contribution < -0.4 is 0 Å². The normalized spacial score (nSPS) is 10.4. The van der Waals surface area contributed by atoms with E-state index in [0.29, 0.717) is 45.3 Å². The highest BCUT2D eigenvalue weighted by Gasteiger charge is 2.19. The van der Waals surface area contributed by atoms with Gasteiger partial charge < -0.3 is 4.57 Å². The van der Waals surface area contributed by atoms with Crippen molar-refractivity contribution < 1.29 is 0 Å². The van der Waals surface area contributed by atoms with Crippen molar-refractivity contribution in [2.75, 3.05) is 0 Å². The Labute approximate surface area is 314 Å². The summed E-state index contributed by atoms with van der Waals surface area (Å²) in [5.74, 6) is 0.737. The van der Waals surface area contributed by atoms with Gasteiger partial charge >= 0.3 is 0 Å². The minimum atomic E-state index is 0.223. The summed E-state index contributed by atoms with van der Waals surface area (Å²) in [4.78, 5) is 20.9. The van der Waals surface area contributed by atoms with Crippen LogP contribution in [0.5, 0.6) is 0 Å². The van der Waals surface area contributed by atoms with Crippen LogP contribution in [0.2, 0.25) is 0 Å². The van der Waals surface area contributed by atoms with Gasteiger partial charge in [0, 0.05) is 33.0 Å². The Balaban J connectivity index is 1.37. The molecule has 0 aliphatic heterocycles. The summed E-state index contributed by atoms with van der Waals surface area (Å²) in [6.07, 6.45) is 1.42. The SMILES string of the molecule is [C-]#[N+]c1cc(C#N)cc(-c2ccc3c(c2)c2cc(-c4cc(C#N)cc([N+]#[C-])c4)ccc2n3-c2ccccc2-c2ncnc(-c3ccc(C#N)c(C#N)c3)n2)c1. The fraction of sp³-hybridized carbons (Fsp3) is 0. The molecule has 8 rings (SSSR count). The fourth-order valence-corrected chi connectivity index (χ4v) is 6.75. The number of nitriles is 4. The van der Waals surface area contributed by atoms with Crippen molar-refractivity contribution in [3.63, 3.8) is 0 Å². The summed E-state index contributed by atoms with van der Waals surface area (Å²) < 4.78 is 2.12. The zero-order chi connectivity index (χ0) is 38.1. The van der Waals surface area contributed by atoms with Gasteiger partial charge in [-0.1, -0.05) is 24.3 Å². The first-order chi connectivity index (χ1) is 26.9.